The quantitative estimate of drug-likeness (QED) is 0.510. The second-order valence-corrected chi connectivity index (χ2v) is 9.81. The molecule has 0 spiro atoms. The van der Waals surface area contributed by atoms with Crippen molar-refractivity contribution in [2.24, 2.45) is 11.8 Å². The molecule has 0 aromatic heterocycles. The molecule has 186 valence electrons. The molecule has 2 aromatic carbocycles. The van der Waals surface area contributed by atoms with Gasteiger partial charge in [0.15, 0.2) is 0 Å². The maximum absolute atomic E-state index is 12.8. The van der Waals surface area contributed by atoms with Gasteiger partial charge >= 0.3 is 12.1 Å². The van der Waals surface area contributed by atoms with Crippen LogP contribution in [0.1, 0.15) is 63.0 Å². The molecule has 7 nitrogen and oxygen atoms in total. The minimum atomic E-state index is -0.940. The first kappa shape index (κ1) is 24.8. The van der Waals surface area contributed by atoms with Crippen molar-refractivity contribution in [1.82, 2.24) is 10.6 Å². The van der Waals surface area contributed by atoms with E-state index in [0.717, 1.165) is 25.7 Å². The van der Waals surface area contributed by atoms with E-state index in [4.69, 9.17) is 9.84 Å². The van der Waals surface area contributed by atoms with E-state index in [2.05, 4.69) is 34.9 Å². The molecule has 0 radical (unpaired) electrons. The van der Waals surface area contributed by atoms with Gasteiger partial charge in [-0.25, -0.2) is 4.79 Å². The molecule has 2 aliphatic carbocycles. The van der Waals surface area contributed by atoms with E-state index >= 15 is 0 Å². The number of fused-ring (bicyclic) bond motifs is 3. The Balaban J connectivity index is 1.33. The Hall–Kier alpha value is -3.35. The van der Waals surface area contributed by atoms with Crippen LogP contribution < -0.4 is 10.6 Å². The molecule has 4 atom stereocenters. The van der Waals surface area contributed by atoms with Gasteiger partial charge in [0, 0.05) is 24.4 Å². The molecule has 7 heteroatoms. The third-order valence-electron chi connectivity index (χ3n) is 7.53. The molecule has 1 saturated carbocycles. The zero-order valence-electron chi connectivity index (χ0n) is 20.3. The monoisotopic (exact) mass is 478 g/mol. The first-order valence-corrected chi connectivity index (χ1v) is 12.5. The number of alkyl carbamates (subject to hydrolysis) is 1. The molecular weight excluding hydrogens is 444 g/mol. The van der Waals surface area contributed by atoms with Crippen molar-refractivity contribution in [1.29, 1.82) is 0 Å². The van der Waals surface area contributed by atoms with Crippen molar-refractivity contribution in [3.8, 4) is 11.1 Å². The number of aliphatic carboxylic acids is 1. The molecule has 4 rings (SSSR count). The van der Waals surface area contributed by atoms with Crippen LogP contribution in [0.25, 0.3) is 11.1 Å². The van der Waals surface area contributed by atoms with Gasteiger partial charge in [-0.1, -0.05) is 61.4 Å². The molecular formula is C28H34N2O5. The average Bonchev–Trinajstić information content (AvgIpc) is 3.17. The Morgan fingerprint density at radius 3 is 2.20 bits per heavy atom. The summed E-state index contributed by atoms with van der Waals surface area (Å²) in [5.74, 6) is -1.79. The second-order valence-electron chi connectivity index (χ2n) is 9.81. The third kappa shape index (κ3) is 5.66. The number of carboxylic acids is 1. The fraction of sp³-hybridized carbons (Fsp3) is 0.464. The first-order valence-electron chi connectivity index (χ1n) is 12.5. The molecule has 0 bridgehead atoms. The summed E-state index contributed by atoms with van der Waals surface area (Å²) in [5.41, 5.74) is 4.70. The summed E-state index contributed by atoms with van der Waals surface area (Å²) in [7, 11) is 0. The highest BCUT2D eigenvalue weighted by molar-refractivity contribution is 5.79. The number of amides is 2. The van der Waals surface area contributed by atoms with Gasteiger partial charge in [-0.3, -0.25) is 9.59 Å². The predicted octanol–water partition coefficient (Wildman–Crippen LogP) is 4.70. The lowest BCUT2D eigenvalue weighted by atomic mass is 9.82. The normalized spacial score (nSPS) is 20.7. The summed E-state index contributed by atoms with van der Waals surface area (Å²) in [6, 6.07) is 15.8. The highest BCUT2D eigenvalue weighted by Gasteiger charge is 2.32. The third-order valence-corrected chi connectivity index (χ3v) is 7.53. The van der Waals surface area contributed by atoms with Crippen molar-refractivity contribution < 1.29 is 24.2 Å². The predicted molar refractivity (Wildman–Crippen MR) is 133 cm³/mol. The molecule has 35 heavy (non-hydrogen) atoms. The fourth-order valence-corrected chi connectivity index (χ4v) is 5.32. The lowest BCUT2D eigenvalue weighted by molar-refractivity contribution is -0.142. The van der Waals surface area contributed by atoms with Gasteiger partial charge in [-0.2, -0.15) is 0 Å². The van der Waals surface area contributed by atoms with Crippen LogP contribution in [0.2, 0.25) is 0 Å². The molecule has 1 fully saturated rings. The van der Waals surface area contributed by atoms with Crippen molar-refractivity contribution in [3.63, 3.8) is 0 Å². The number of hydrogen-bond donors (Lipinski definition) is 3. The van der Waals surface area contributed by atoms with Gasteiger partial charge in [-0.05, 0) is 54.9 Å². The summed E-state index contributed by atoms with van der Waals surface area (Å²) in [5, 5.41) is 15.0. The van der Waals surface area contributed by atoms with Crippen LogP contribution in [-0.4, -0.2) is 41.8 Å². The molecule has 0 heterocycles. The molecule has 3 N–H and O–H groups in total. The lowest BCUT2D eigenvalue weighted by Gasteiger charge is -2.32. The van der Waals surface area contributed by atoms with Crippen molar-refractivity contribution in [2.75, 3.05) is 6.61 Å². The summed E-state index contributed by atoms with van der Waals surface area (Å²) < 4.78 is 5.70. The van der Waals surface area contributed by atoms with Crippen molar-refractivity contribution >= 4 is 18.0 Å². The Kier molecular flexibility index (Phi) is 7.73. The van der Waals surface area contributed by atoms with Crippen LogP contribution in [0.4, 0.5) is 4.79 Å². The number of benzene rings is 2. The van der Waals surface area contributed by atoms with Crippen LogP contribution in [0.15, 0.2) is 48.5 Å². The Morgan fingerprint density at radius 1 is 0.971 bits per heavy atom. The lowest BCUT2D eigenvalue weighted by Crippen LogP contribution is -2.46. The van der Waals surface area contributed by atoms with E-state index in [1.54, 1.807) is 13.8 Å². The first-order chi connectivity index (χ1) is 16.8. The van der Waals surface area contributed by atoms with E-state index < -0.39 is 24.0 Å². The number of carbonyl (C=O) groups excluding carboxylic acids is 2. The minimum Gasteiger partial charge on any atom is -0.481 e. The number of ether oxygens (including phenoxy) is 1. The maximum Gasteiger partial charge on any atom is 0.407 e. The van der Waals surface area contributed by atoms with E-state index in [0.29, 0.717) is 0 Å². The standard InChI is InChI=1S/C28H34N2O5/c1-17(27(32)33)18(2)29-26(31)15-19-9-3-8-14-25(19)30-28(34)35-16-24-22-12-6-4-10-20(22)21-11-5-7-13-23(21)24/h4-7,10-13,17-19,24-25H,3,8-9,14-16H2,1-2H3,(H,29,31)(H,30,34)(H,32,33)/t17?,18?,19-,25-/m1/s1. The van der Waals surface area contributed by atoms with Gasteiger partial charge in [0.05, 0.1) is 5.92 Å². The number of carbonyl (C=O) groups is 3. The van der Waals surface area contributed by atoms with E-state index in [9.17, 15) is 14.4 Å². The smallest absolute Gasteiger partial charge is 0.407 e. The molecule has 2 amide bonds. The van der Waals surface area contributed by atoms with Gasteiger partial charge in [0.1, 0.15) is 6.61 Å². The summed E-state index contributed by atoms with van der Waals surface area (Å²) in [6.07, 6.45) is 3.41. The molecule has 2 aromatic rings. The SMILES string of the molecule is CC(NC(=O)C[C@H]1CCCC[C@H]1NC(=O)OCC1c2ccccc2-c2ccccc21)C(C)C(=O)O. The second kappa shape index (κ2) is 10.9. The number of carboxylic acid groups (broad SMARTS) is 1. The minimum absolute atomic E-state index is 0.00112. The van der Waals surface area contributed by atoms with E-state index in [1.807, 2.05) is 24.3 Å². The largest absolute Gasteiger partial charge is 0.481 e. The molecule has 2 unspecified atom stereocenters. The topological polar surface area (TPSA) is 105 Å². The summed E-state index contributed by atoms with van der Waals surface area (Å²) in [6.45, 7) is 3.53. The summed E-state index contributed by atoms with van der Waals surface area (Å²) in [4.78, 5) is 36.5. The Morgan fingerprint density at radius 2 is 1.57 bits per heavy atom. The summed E-state index contributed by atoms with van der Waals surface area (Å²) >= 11 is 0. The molecule has 0 saturated heterocycles. The van der Waals surface area contributed by atoms with E-state index in [1.165, 1.54) is 22.3 Å². The Labute approximate surface area is 206 Å². The van der Waals surface area contributed by atoms with Crippen LogP contribution in [0, 0.1) is 11.8 Å². The van der Waals surface area contributed by atoms with Crippen LogP contribution in [0.3, 0.4) is 0 Å². The zero-order chi connectivity index (χ0) is 24.9. The number of hydrogen-bond acceptors (Lipinski definition) is 4. The van der Waals surface area contributed by atoms with E-state index in [-0.39, 0.29) is 36.8 Å². The van der Waals surface area contributed by atoms with Gasteiger partial charge in [-0.15, -0.1) is 0 Å². The highest BCUT2D eigenvalue weighted by atomic mass is 16.5. The van der Waals surface area contributed by atoms with Gasteiger partial charge in [0.2, 0.25) is 5.91 Å². The van der Waals surface area contributed by atoms with Crippen molar-refractivity contribution in [3.05, 3.63) is 59.7 Å². The maximum atomic E-state index is 12.8. The highest BCUT2D eigenvalue weighted by Crippen LogP contribution is 2.44. The zero-order valence-corrected chi connectivity index (χ0v) is 20.3. The molecule has 2 aliphatic rings. The van der Waals surface area contributed by atoms with Gasteiger partial charge < -0.3 is 20.5 Å². The fourth-order valence-electron chi connectivity index (χ4n) is 5.32. The van der Waals surface area contributed by atoms with Crippen LogP contribution >= 0.6 is 0 Å². The van der Waals surface area contributed by atoms with Crippen molar-refractivity contribution in [2.45, 2.75) is 64.0 Å². The van der Waals surface area contributed by atoms with Crippen LogP contribution in [-0.2, 0) is 14.3 Å². The van der Waals surface area contributed by atoms with Crippen LogP contribution in [0.5, 0.6) is 0 Å². The number of nitrogens with one attached hydrogen (secondary N) is 2. The molecule has 0 aliphatic heterocycles. The van der Waals surface area contributed by atoms with Gasteiger partial charge in [0.25, 0.3) is 0 Å². The Bertz CT molecular complexity index is 1040. The number of rotatable bonds is 8. The average molecular weight is 479 g/mol.